The van der Waals surface area contributed by atoms with Gasteiger partial charge in [-0.05, 0) is 47.5 Å². The van der Waals surface area contributed by atoms with Crippen LogP contribution in [0.3, 0.4) is 0 Å². The third kappa shape index (κ3) is 2.74. The Morgan fingerprint density at radius 2 is 2.29 bits per heavy atom. The molecule has 2 nitrogen and oxygen atoms in total. The maximum atomic E-state index is 8.67. The van der Waals surface area contributed by atoms with E-state index in [9.17, 15) is 0 Å². The Kier molecular flexibility index (Phi) is 3.97. The Balaban J connectivity index is 2.85. The summed E-state index contributed by atoms with van der Waals surface area (Å²) in [4.78, 5) is 0. The SMILES string of the molecule is CCC(C)Oc1ccc(C#N)cc1Br. The Hall–Kier alpha value is -1.01. The van der Waals surface area contributed by atoms with Gasteiger partial charge >= 0.3 is 0 Å². The molecule has 0 fully saturated rings. The third-order valence-electron chi connectivity index (χ3n) is 1.96. The fraction of sp³-hybridized carbons (Fsp3) is 0.364. The van der Waals surface area contributed by atoms with Crippen LogP contribution in [0.1, 0.15) is 25.8 Å². The van der Waals surface area contributed by atoms with Gasteiger partial charge in [0.2, 0.25) is 0 Å². The number of nitriles is 1. The molecule has 0 radical (unpaired) electrons. The first-order chi connectivity index (χ1) is 6.67. The van der Waals surface area contributed by atoms with E-state index in [2.05, 4.69) is 28.9 Å². The van der Waals surface area contributed by atoms with E-state index in [1.807, 2.05) is 13.0 Å². The molecule has 0 aliphatic heterocycles. The molecule has 0 saturated heterocycles. The highest BCUT2D eigenvalue weighted by atomic mass is 79.9. The molecule has 0 aliphatic carbocycles. The minimum absolute atomic E-state index is 0.194. The number of benzene rings is 1. The molecule has 0 saturated carbocycles. The van der Waals surface area contributed by atoms with Crippen LogP contribution in [0.2, 0.25) is 0 Å². The van der Waals surface area contributed by atoms with Gasteiger partial charge in [0.1, 0.15) is 5.75 Å². The largest absolute Gasteiger partial charge is 0.490 e. The number of halogens is 1. The van der Waals surface area contributed by atoms with Gasteiger partial charge in [-0.15, -0.1) is 0 Å². The van der Waals surface area contributed by atoms with Crippen LogP contribution in [0, 0.1) is 11.3 Å². The Morgan fingerprint density at radius 1 is 1.57 bits per heavy atom. The van der Waals surface area contributed by atoms with Crippen molar-refractivity contribution in [1.82, 2.24) is 0 Å². The zero-order chi connectivity index (χ0) is 10.6. The first-order valence-electron chi connectivity index (χ1n) is 4.53. The molecule has 0 spiro atoms. The lowest BCUT2D eigenvalue weighted by Gasteiger charge is -2.13. The van der Waals surface area contributed by atoms with E-state index < -0.39 is 0 Å². The first kappa shape index (κ1) is 11.1. The van der Waals surface area contributed by atoms with Crippen LogP contribution < -0.4 is 4.74 Å². The van der Waals surface area contributed by atoms with Crippen LogP contribution in [-0.2, 0) is 0 Å². The molecule has 1 aromatic carbocycles. The molecule has 3 heteroatoms. The quantitative estimate of drug-likeness (QED) is 0.827. The first-order valence-corrected chi connectivity index (χ1v) is 5.33. The van der Waals surface area contributed by atoms with Crippen molar-refractivity contribution in [2.45, 2.75) is 26.4 Å². The summed E-state index contributed by atoms with van der Waals surface area (Å²) in [6.07, 6.45) is 1.16. The standard InChI is InChI=1S/C11H12BrNO/c1-3-8(2)14-11-5-4-9(7-13)6-10(11)12/h4-6,8H,3H2,1-2H3. The molecule has 0 aliphatic rings. The van der Waals surface area contributed by atoms with Crippen molar-refractivity contribution in [3.63, 3.8) is 0 Å². The van der Waals surface area contributed by atoms with E-state index in [0.29, 0.717) is 5.56 Å². The van der Waals surface area contributed by atoms with Gasteiger partial charge < -0.3 is 4.74 Å². The summed E-state index contributed by atoms with van der Waals surface area (Å²) in [6.45, 7) is 4.09. The minimum atomic E-state index is 0.194. The van der Waals surface area contributed by atoms with Crippen molar-refractivity contribution in [1.29, 1.82) is 5.26 Å². The minimum Gasteiger partial charge on any atom is -0.490 e. The molecule has 1 aromatic rings. The lowest BCUT2D eigenvalue weighted by atomic mass is 10.2. The van der Waals surface area contributed by atoms with Gasteiger partial charge in [0.05, 0.1) is 22.2 Å². The number of ether oxygens (including phenoxy) is 1. The molecule has 0 amide bonds. The number of rotatable bonds is 3. The lowest BCUT2D eigenvalue weighted by molar-refractivity contribution is 0.216. The van der Waals surface area contributed by atoms with Crippen LogP contribution in [-0.4, -0.2) is 6.10 Å². The van der Waals surface area contributed by atoms with E-state index in [-0.39, 0.29) is 6.10 Å². The van der Waals surface area contributed by atoms with Crippen molar-refractivity contribution in [3.8, 4) is 11.8 Å². The predicted octanol–water partition coefficient (Wildman–Crippen LogP) is 3.50. The normalized spacial score (nSPS) is 11.9. The number of nitrogens with zero attached hydrogens (tertiary/aromatic N) is 1. The van der Waals surface area contributed by atoms with Crippen LogP contribution in [0.4, 0.5) is 0 Å². The van der Waals surface area contributed by atoms with Crippen molar-refractivity contribution < 1.29 is 4.74 Å². The van der Waals surface area contributed by atoms with E-state index >= 15 is 0 Å². The highest BCUT2D eigenvalue weighted by Crippen LogP contribution is 2.26. The Labute approximate surface area is 92.6 Å². The second kappa shape index (κ2) is 5.02. The fourth-order valence-corrected chi connectivity index (χ4v) is 1.44. The van der Waals surface area contributed by atoms with Gasteiger partial charge in [-0.2, -0.15) is 5.26 Å². The monoisotopic (exact) mass is 253 g/mol. The molecule has 74 valence electrons. The second-order valence-corrected chi connectivity index (χ2v) is 3.95. The molecule has 0 heterocycles. The van der Waals surface area contributed by atoms with Crippen LogP contribution in [0.15, 0.2) is 22.7 Å². The molecule has 1 atom stereocenters. The third-order valence-corrected chi connectivity index (χ3v) is 2.58. The van der Waals surface area contributed by atoms with Crippen molar-refractivity contribution in [2.24, 2.45) is 0 Å². The second-order valence-electron chi connectivity index (χ2n) is 3.09. The fourth-order valence-electron chi connectivity index (χ4n) is 0.966. The van der Waals surface area contributed by atoms with Gasteiger partial charge in [0.25, 0.3) is 0 Å². The molecule has 0 aromatic heterocycles. The predicted molar refractivity (Wildman–Crippen MR) is 59.2 cm³/mol. The van der Waals surface area contributed by atoms with Crippen molar-refractivity contribution in [2.75, 3.05) is 0 Å². The van der Waals surface area contributed by atoms with E-state index in [0.717, 1.165) is 16.6 Å². The van der Waals surface area contributed by atoms with Gasteiger partial charge in [0.15, 0.2) is 0 Å². The van der Waals surface area contributed by atoms with Gasteiger partial charge in [-0.3, -0.25) is 0 Å². The summed E-state index contributed by atoms with van der Waals surface area (Å²) in [7, 11) is 0. The van der Waals surface area contributed by atoms with E-state index in [1.54, 1.807) is 12.1 Å². The van der Waals surface area contributed by atoms with E-state index in [1.165, 1.54) is 0 Å². The van der Waals surface area contributed by atoms with Crippen LogP contribution in [0.25, 0.3) is 0 Å². The summed E-state index contributed by atoms with van der Waals surface area (Å²) in [5, 5.41) is 8.67. The molecule has 0 N–H and O–H groups in total. The molecule has 0 bridgehead atoms. The summed E-state index contributed by atoms with van der Waals surface area (Å²) in [5.41, 5.74) is 0.633. The maximum absolute atomic E-state index is 8.67. The van der Waals surface area contributed by atoms with Crippen LogP contribution in [0.5, 0.6) is 5.75 Å². The highest BCUT2D eigenvalue weighted by Gasteiger charge is 2.05. The molecular weight excluding hydrogens is 242 g/mol. The lowest BCUT2D eigenvalue weighted by Crippen LogP contribution is -2.09. The number of hydrogen-bond donors (Lipinski definition) is 0. The Morgan fingerprint density at radius 3 is 2.79 bits per heavy atom. The zero-order valence-electron chi connectivity index (χ0n) is 8.25. The molecule has 14 heavy (non-hydrogen) atoms. The average Bonchev–Trinajstić information content (AvgIpc) is 2.20. The smallest absolute Gasteiger partial charge is 0.133 e. The summed E-state index contributed by atoms with van der Waals surface area (Å²) < 4.78 is 6.47. The maximum Gasteiger partial charge on any atom is 0.133 e. The summed E-state index contributed by atoms with van der Waals surface area (Å²) >= 11 is 3.37. The molecule has 1 rings (SSSR count). The van der Waals surface area contributed by atoms with Gasteiger partial charge in [0, 0.05) is 0 Å². The van der Waals surface area contributed by atoms with E-state index in [4.69, 9.17) is 10.00 Å². The highest BCUT2D eigenvalue weighted by molar-refractivity contribution is 9.10. The van der Waals surface area contributed by atoms with Crippen molar-refractivity contribution in [3.05, 3.63) is 28.2 Å². The zero-order valence-corrected chi connectivity index (χ0v) is 9.84. The average molecular weight is 254 g/mol. The van der Waals surface area contributed by atoms with Crippen LogP contribution >= 0.6 is 15.9 Å². The molecular formula is C11H12BrNO. The molecule has 1 unspecified atom stereocenters. The van der Waals surface area contributed by atoms with Gasteiger partial charge in [-0.25, -0.2) is 0 Å². The summed E-state index contributed by atoms with van der Waals surface area (Å²) in [5.74, 6) is 0.790. The van der Waals surface area contributed by atoms with Crippen molar-refractivity contribution >= 4 is 15.9 Å². The number of hydrogen-bond acceptors (Lipinski definition) is 2. The summed E-state index contributed by atoms with van der Waals surface area (Å²) in [6, 6.07) is 7.41. The Bertz CT molecular complexity index is 357. The van der Waals surface area contributed by atoms with Gasteiger partial charge in [-0.1, -0.05) is 6.92 Å². The topological polar surface area (TPSA) is 33.0 Å².